The van der Waals surface area contributed by atoms with E-state index in [4.69, 9.17) is 0 Å². The molecule has 88 heavy (non-hydrogen) atoms. The Bertz CT molecular complexity index is 4480. The second-order valence-electron chi connectivity index (χ2n) is 24.8. The summed E-state index contributed by atoms with van der Waals surface area (Å²) in [7, 11) is -5.93. The lowest BCUT2D eigenvalue weighted by Gasteiger charge is -2.45. The Kier molecular flexibility index (Phi) is 12.9. The molecule has 0 N–H and O–H groups in total. The highest BCUT2D eigenvalue weighted by Crippen LogP contribution is 2.46. The first kappa shape index (κ1) is 53.2. The number of rotatable bonds is 11. The summed E-state index contributed by atoms with van der Waals surface area (Å²) in [5.41, 5.74) is 15.5. The van der Waals surface area contributed by atoms with Crippen molar-refractivity contribution >= 4 is 137 Å². The summed E-state index contributed by atoms with van der Waals surface area (Å²) >= 11 is 0. The maximum Gasteiger partial charge on any atom is 0.252 e. The van der Waals surface area contributed by atoms with Gasteiger partial charge < -0.3 is 14.4 Å². The van der Waals surface area contributed by atoms with E-state index in [-0.39, 0.29) is 12.1 Å². The average Bonchev–Trinajstić information content (AvgIpc) is 0.868. The van der Waals surface area contributed by atoms with Crippen LogP contribution in [-0.2, 0) is 5.41 Å². The molecule has 0 saturated heterocycles. The molecule has 1 aromatic heterocycles. The van der Waals surface area contributed by atoms with Crippen molar-refractivity contribution in [1.82, 2.24) is 4.57 Å². The third kappa shape index (κ3) is 8.31. The molecular formula is C82H64BN3Si2. The third-order valence-electron chi connectivity index (χ3n) is 19.0. The lowest BCUT2D eigenvalue weighted by molar-refractivity contribution is 0.591. The smallest absolute Gasteiger partial charge is 0.252 e. The van der Waals surface area contributed by atoms with E-state index in [1.54, 1.807) is 0 Å². The Balaban J connectivity index is 1.01. The molecule has 16 rings (SSSR count). The molecule has 0 saturated carbocycles. The molecule has 0 amide bonds. The number of hydrogen-bond acceptors (Lipinski definition) is 2. The third-order valence-corrected chi connectivity index (χ3v) is 28.5. The van der Waals surface area contributed by atoms with Crippen LogP contribution in [0.5, 0.6) is 0 Å². The average molecular weight is 1160 g/mol. The molecule has 13 aromatic carbocycles. The van der Waals surface area contributed by atoms with Gasteiger partial charge in [0.1, 0.15) is 0 Å². The monoisotopic (exact) mass is 1160 g/mol. The summed E-state index contributed by atoms with van der Waals surface area (Å²) in [6.45, 7) is 6.88. The van der Waals surface area contributed by atoms with E-state index in [9.17, 15) is 0 Å². The van der Waals surface area contributed by atoms with Crippen LogP contribution in [-0.4, -0.2) is 27.4 Å². The van der Waals surface area contributed by atoms with Gasteiger partial charge in [0.25, 0.3) is 6.71 Å². The molecule has 0 spiro atoms. The van der Waals surface area contributed by atoms with E-state index in [1.165, 1.54) is 96.6 Å². The Morgan fingerprint density at radius 1 is 0.273 bits per heavy atom. The van der Waals surface area contributed by atoms with Crippen LogP contribution in [0.2, 0.25) is 0 Å². The van der Waals surface area contributed by atoms with Crippen molar-refractivity contribution in [2.45, 2.75) is 26.2 Å². The SMILES string of the molecule is CC(C)(C)c1ccc2c(c1)c1ccccc1n2-c1cc2c3c(c1)N(c1cccc([Si](c4ccccc4)(c4ccccc4)c4ccccc4)c1)c1ccccc1B3c1ccccc1N2c1cccc([Si](c2ccccc2)(c2ccccc2)c2ccccc2)c1. The standard InChI is InChI=1S/C82H64BN3Si2/c1-82(2,3)59-52-53-76-72(54-59)71-46-22-25-49-75(71)86(76)62-57-79-81-80(58-62)85(61-31-29-45-70(56-61)88(66-38-16-7-17-39-66,67-40-18-8-19-41-67)68-42-20-9-21-43-68)78-51-27-24-48-74(78)83(81)73-47-23-26-50-77(73)84(79)60-30-28-44-69(55-60)87(63-32-10-4-11-33-63,64-34-12-5-13-35-64)65-36-14-6-15-37-65/h4-58H,1-3H3. The highest BCUT2D eigenvalue weighted by molar-refractivity contribution is 7.20. The molecule has 0 bridgehead atoms. The molecule has 0 unspecified atom stereocenters. The Morgan fingerprint density at radius 3 is 1.03 bits per heavy atom. The highest BCUT2D eigenvalue weighted by atomic mass is 28.3. The maximum absolute atomic E-state index is 2.97. The van der Waals surface area contributed by atoms with E-state index in [0.717, 1.165) is 28.4 Å². The topological polar surface area (TPSA) is 11.4 Å². The zero-order valence-corrected chi connectivity index (χ0v) is 51.7. The fraction of sp³-hybridized carbons (Fsp3) is 0.0488. The van der Waals surface area contributed by atoms with Crippen LogP contribution in [0, 0.1) is 0 Å². The quantitative estimate of drug-likeness (QED) is 0.0945. The van der Waals surface area contributed by atoms with Gasteiger partial charge in [-0.2, -0.15) is 0 Å². The summed E-state index contributed by atoms with van der Waals surface area (Å²) in [6, 6.07) is 127. The van der Waals surface area contributed by atoms with Crippen LogP contribution < -0.4 is 67.7 Å². The van der Waals surface area contributed by atoms with Gasteiger partial charge in [0.05, 0.1) is 16.7 Å². The molecule has 0 atom stereocenters. The van der Waals surface area contributed by atoms with Gasteiger partial charge in [-0.3, -0.25) is 0 Å². The number of fused-ring (bicyclic) bond motifs is 7. The number of para-hydroxylation sites is 3. The molecule has 3 nitrogen and oxygen atoms in total. The van der Waals surface area contributed by atoms with Gasteiger partial charge in [-0.15, -0.1) is 0 Å². The molecule has 3 heterocycles. The van der Waals surface area contributed by atoms with Crippen molar-refractivity contribution in [2.75, 3.05) is 9.80 Å². The molecule has 2 aliphatic rings. The fourth-order valence-corrected chi connectivity index (χ4v) is 24.7. The summed E-state index contributed by atoms with van der Waals surface area (Å²) in [5, 5.41) is 13.2. The minimum atomic E-state index is -2.97. The predicted octanol–water partition coefficient (Wildman–Crippen LogP) is 12.9. The molecule has 0 fully saturated rings. The second-order valence-corrected chi connectivity index (χ2v) is 32.4. The van der Waals surface area contributed by atoms with Crippen LogP contribution in [0.3, 0.4) is 0 Å². The molecule has 6 heteroatoms. The molecular weight excluding hydrogens is 1090 g/mol. The number of aromatic nitrogens is 1. The summed E-state index contributed by atoms with van der Waals surface area (Å²) in [5.74, 6) is 0. The van der Waals surface area contributed by atoms with Crippen LogP contribution in [0.4, 0.5) is 34.1 Å². The molecule has 14 aromatic rings. The molecule has 2 aliphatic heterocycles. The van der Waals surface area contributed by atoms with Gasteiger partial charge in [-0.05, 0) is 136 Å². The summed E-state index contributed by atoms with van der Waals surface area (Å²) in [4.78, 5) is 5.23. The lowest BCUT2D eigenvalue weighted by Crippen LogP contribution is -2.74. The molecule has 0 aliphatic carbocycles. The minimum absolute atomic E-state index is 0.0305. The zero-order chi connectivity index (χ0) is 59.0. The van der Waals surface area contributed by atoms with Crippen LogP contribution >= 0.6 is 0 Å². The van der Waals surface area contributed by atoms with Crippen molar-refractivity contribution in [3.63, 3.8) is 0 Å². The van der Waals surface area contributed by atoms with Gasteiger partial charge in [0.2, 0.25) is 0 Å². The van der Waals surface area contributed by atoms with Crippen molar-refractivity contribution in [2.24, 2.45) is 0 Å². The second kappa shape index (κ2) is 21.3. The number of anilines is 6. The number of hydrogen-bond donors (Lipinski definition) is 0. The van der Waals surface area contributed by atoms with Crippen LogP contribution in [0.1, 0.15) is 26.3 Å². The lowest BCUT2D eigenvalue weighted by atomic mass is 9.33. The first-order chi connectivity index (χ1) is 43.3. The van der Waals surface area contributed by atoms with Gasteiger partial charge in [0.15, 0.2) is 16.1 Å². The van der Waals surface area contributed by atoms with E-state index in [1.807, 2.05) is 0 Å². The van der Waals surface area contributed by atoms with E-state index in [2.05, 4.69) is 369 Å². The molecule has 0 radical (unpaired) electrons. The van der Waals surface area contributed by atoms with Gasteiger partial charge >= 0.3 is 0 Å². The van der Waals surface area contributed by atoms with E-state index < -0.39 is 16.1 Å². The highest BCUT2D eigenvalue weighted by Gasteiger charge is 2.47. The first-order valence-corrected chi connectivity index (χ1v) is 34.9. The molecule has 418 valence electrons. The van der Waals surface area contributed by atoms with Gasteiger partial charge in [0, 0.05) is 44.9 Å². The van der Waals surface area contributed by atoms with Crippen LogP contribution in [0.15, 0.2) is 334 Å². The van der Waals surface area contributed by atoms with Crippen molar-refractivity contribution in [3.05, 3.63) is 339 Å². The summed E-state index contributed by atoms with van der Waals surface area (Å²) < 4.78 is 2.55. The minimum Gasteiger partial charge on any atom is -0.311 e. The number of nitrogens with zero attached hydrogens (tertiary/aromatic N) is 3. The van der Waals surface area contributed by atoms with E-state index in [0.29, 0.717) is 0 Å². The Morgan fingerprint density at radius 2 is 0.625 bits per heavy atom. The maximum atomic E-state index is 2.62. The van der Waals surface area contributed by atoms with Crippen LogP contribution in [0.25, 0.3) is 27.5 Å². The van der Waals surface area contributed by atoms with Gasteiger partial charge in [-0.25, -0.2) is 0 Å². The van der Waals surface area contributed by atoms with Gasteiger partial charge in [-0.1, -0.05) is 288 Å². The van der Waals surface area contributed by atoms with Crippen molar-refractivity contribution in [3.8, 4) is 5.69 Å². The number of benzene rings is 13. The fourth-order valence-electron chi connectivity index (χ4n) is 15.2. The van der Waals surface area contributed by atoms with E-state index >= 15 is 0 Å². The largest absolute Gasteiger partial charge is 0.311 e. The van der Waals surface area contributed by atoms with Crippen molar-refractivity contribution in [1.29, 1.82) is 0 Å². The van der Waals surface area contributed by atoms with Crippen molar-refractivity contribution < 1.29 is 0 Å². The Hall–Kier alpha value is -10.2. The Labute approximate surface area is 518 Å². The predicted molar refractivity (Wildman–Crippen MR) is 381 cm³/mol. The first-order valence-electron chi connectivity index (χ1n) is 30.9. The summed E-state index contributed by atoms with van der Waals surface area (Å²) in [6.07, 6.45) is 0. The zero-order valence-electron chi connectivity index (χ0n) is 49.7. The normalized spacial score (nSPS) is 12.9.